The fraction of sp³-hybridized carbons (Fsp3) is 0. The number of carbonyl (C=O) groups excluding carboxylic acids is 1. The van der Waals surface area contributed by atoms with Gasteiger partial charge in [0, 0.05) is 0 Å². The predicted molar refractivity (Wildman–Crippen MR) is 52.0 cm³/mol. The van der Waals surface area contributed by atoms with Gasteiger partial charge < -0.3 is 5.11 Å². The minimum absolute atomic E-state index is 0.100. The molecule has 0 spiro atoms. The Morgan fingerprint density at radius 1 is 1.31 bits per heavy atom. The van der Waals surface area contributed by atoms with E-state index in [0.29, 0.717) is 0 Å². The van der Waals surface area contributed by atoms with Gasteiger partial charge in [-0.2, -0.15) is 8.42 Å². The molecule has 86 valence electrons. The molecule has 0 radical (unpaired) electrons. The zero-order chi connectivity index (χ0) is 12.2. The molecule has 0 aromatic heterocycles. The van der Waals surface area contributed by atoms with Crippen molar-refractivity contribution < 1.29 is 22.9 Å². The number of aromatic hydroxyl groups is 1. The van der Waals surface area contributed by atoms with Crippen molar-refractivity contribution in [2.24, 2.45) is 9.74 Å². The van der Waals surface area contributed by atoms with Gasteiger partial charge in [-0.15, -0.1) is 0 Å². The number of para-hydroxylation sites is 1. The summed E-state index contributed by atoms with van der Waals surface area (Å²) in [5.41, 5.74) is 1.62. The Bertz CT molecular complexity index is 525. The molecule has 1 aromatic carbocycles. The fourth-order valence-corrected chi connectivity index (χ4v) is 0.987. The van der Waals surface area contributed by atoms with Crippen molar-refractivity contribution in [1.82, 2.24) is 5.43 Å². The number of nitrogens with one attached hydrogen (secondary N) is 1. The smallest absolute Gasteiger partial charge is 0.397 e. The van der Waals surface area contributed by atoms with Crippen LogP contribution in [0.2, 0.25) is 0 Å². The summed E-state index contributed by atoms with van der Waals surface area (Å²) >= 11 is 0. The lowest BCUT2D eigenvalue weighted by Gasteiger charge is -2.00. The number of rotatable bonds is 3. The van der Waals surface area contributed by atoms with E-state index in [0.717, 1.165) is 0 Å². The molecule has 1 rings (SSSR count). The number of hydrogen-bond donors (Lipinski definition) is 3. The number of phenolic OH excluding ortho intramolecular Hbond substituents is 1. The molecule has 9 heteroatoms. The molecule has 3 N–H and O–H groups in total. The van der Waals surface area contributed by atoms with Crippen molar-refractivity contribution in [2.45, 2.75) is 0 Å². The average molecular weight is 245 g/mol. The number of benzene rings is 1. The van der Waals surface area contributed by atoms with E-state index in [1.165, 1.54) is 24.3 Å². The van der Waals surface area contributed by atoms with Crippen LogP contribution in [0.25, 0.3) is 0 Å². The molecule has 0 unspecified atom stereocenters. The molecule has 0 bridgehead atoms. The Hall–Kier alpha value is -2.00. The molecule has 0 saturated heterocycles. The van der Waals surface area contributed by atoms with E-state index in [-0.39, 0.29) is 11.3 Å². The zero-order valence-electron chi connectivity index (χ0n) is 7.73. The number of amides is 1. The van der Waals surface area contributed by atoms with Crippen LogP contribution < -0.4 is 5.43 Å². The molecular weight excluding hydrogens is 238 g/mol. The van der Waals surface area contributed by atoms with Gasteiger partial charge >= 0.3 is 10.3 Å². The first-order chi connectivity index (χ1) is 7.40. The third kappa shape index (κ3) is 3.63. The maximum absolute atomic E-state index is 11.3. The maximum Gasteiger partial charge on any atom is 0.397 e. The minimum Gasteiger partial charge on any atom is -0.507 e. The SMILES string of the molecule is O=C(N/N=N/S(=O)(=O)O)c1ccccc1O. The lowest BCUT2D eigenvalue weighted by molar-refractivity contribution is 0.0949. The first kappa shape index (κ1) is 12.1. The molecule has 0 atom stereocenters. The van der Waals surface area contributed by atoms with E-state index >= 15 is 0 Å². The van der Waals surface area contributed by atoms with E-state index in [9.17, 15) is 18.3 Å². The second kappa shape index (κ2) is 4.68. The molecule has 0 aliphatic heterocycles. The lowest BCUT2D eigenvalue weighted by Crippen LogP contribution is -2.17. The number of nitrogens with zero attached hydrogens (tertiary/aromatic N) is 2. The van der Waals surface area contributed by atoms with Crippen LogP contribution in [0.15, 0.2) is 34.0 Å². The van der Waals surface area contributed by atoms with Crippen LogP contribution in [0.1, 0.15) is 10.4 Å². The second-order valence-corrected chi connectivity index (χ2v) is 3.65. The number of hydrogen-bond acceptors (Lipinski definition) is 5. The fourth-order valence-electron chi connectivity index (χ4n) is 0.843. The summed E-state index contributed by atoms with van der Waals surface area (Å²) in [6, 6.07) is 5.57. The standard InChI is InChI=1S/C7H7N3O5S/c11-6-4-2-1-3-5(6)7(12)8-9-10-16(13,14)15/h1-4,11H,(H,8,10,12)(H,13,14,15). The highest BCUT2D eigenvalue weighted by Crippen LogP contribution is 2.14. The molecule has 1 amide bonds. The van der Waals surface area contributed by atoms with Gasteiger partial charge in [-0.3, -0.25) is 9.35 Å². The van der Waals surface area contributed by atoms with Crippen LogP contribution in [0.5, 0.6) is 5.75 Å². The van der Waals surface area contributed by atoms with E-state index in [2.05, 4.69) is 9.74 Å². The van der Waals surface area contributed by atoms with Crippen LogP contribution in [-0.4, -0.2) is 24.0 Å². The van der Waals surface area contributed by atoms with Gasteiger partial charge in [-0.25, -0.2) is 5.43 Å². The minimum atomic E-state index is -4.63. The van der Waals surface area contributed by atoms with Crippen LogP contribution in [-0.2, 0) is 10.3 Å². The summed E-state index contributed by atoms with van der Waals surface area (Å²) < 4.78 is 30.8. The second-order valence-electron chi connectivity index (χ2n) is 2.59. The quantitative estimate of drug-likeness (QED) is 0.400. The van der Waals surface area contributed by atoms with E-state index in [1.54, 1.807) is 5.43 Å². The highest BCUT2D eigenvalue weighted by molar-refractivity contribution is 7.84. The Morgan fingerprint density at radius 2 is 1.94 bits per heavy atom. The normalized spacial score (nSPS) is 11.6. The van der Waals surface area contributed by atoms with E-state index < -0.39 is 16.2 Å². The molecule has 1 aromatic rings. The zero-order valence-corrected chi connectivity index (χ0v) is 8.55. The summed E-state index contributed by atoms with van der Waals surface area (Å²) in [7, 11) is -4.63. The Labute approximate surface area is 90.5 Å². The summed E-state index contributed by atoms with van der Waals surface area (Å²) in [6.45, 7) is 0. The summed E-state index contributed by atoms with van der Waals surface area (Å²) in [4.78, 5) is 11.3. The van der Waals surface area contributed by atoms with Crippen molar-refractivity contribution >= 4 is 16.2 Å². The topological polar surface area (TPSA) is 128 Å². The van der Waals surface area contributed by atoms with Gasteiger partial charge in [-0.1, -0.05) is 17.4 Å². The maximum atomic E-state index is 11.3. The predicted octanol–water partition coefficient (Wildman–Crippen LogP) is 0.292. The molecule has 0 aliphatic carbocycles. The van der Waals surface area contributed by atoms with Gasteiger partial charge in [0.2, 0.25) is 0 Å². The van der Waals surface area contributed by atoms with Gasteiger partial charge in [0.1, 0.15) is 5.75 Å². The van der Waals surface area contributed by atoms with Crippen molar-refractivity contribution in [3.8, 4) is 5.75 Å². The van der Waals surface area contributed by atoms with Crippen molar-refractivity contribution in [3.63, 3.8) is 0 Å². The Balaban J connectivity index is 2.75. The van der Waals surface area contributed by atoms with Gasteiger partial charge in [-0.05, 0) is 16.7 Å². The van der Waals surface area contributed by atoms with E-state index in [4.69, 9.17) is 4.55 Å². The van der Waals surface area contributed by atoms with Gasteiger partial charge in [0.15, 0.2) is 0 Å². The molecule has 0 heterocycles. The van der Waals surface area contributed by atoms with Crippen LogP contribution in [0.4, 0.5) is 0 Å². The molecule has 16 heavy (non-hydrogen) atoms. The summed E-state index contributed by atoms with van der Waals surface area (Å²) in [5, 5.41) is 12.0. The van der Waals surface area contributed by atoms with Crippen LogP contribution >= 0.6 is 0 Å². The van der Waals surface area contributed by atoms with Crippen molar-refractivity contribution in [1.29, 1.82) is 0 Å². The lowest BCUT2D eigenvalue weighted by atomic mass is 10.2. The van der Waals surface area contributed by atoms with E-state index in [1.807, 2.05) is 0 Å². The number of phenols is 1. The summed E-state index contributed by atoms with van der Waals surface area (Å²) in [6.07, 6.45) is 0. The molecular formula is C7H7N3O5S. The highest BCUT2D eigenvalue weighted by Gasteiger charge is 2.09. The van der Waals surface area contributed by atoms with Crippen LogP contribution in [0.3, 0.4) is 0 Å². The highest BCUT2D eigenvalue weighted by atomic mass is 32.2. The monoisotopic (exact) mass is 245 g/mol. The Kier molecular flexibility index (Phi) is 3.53. The first-order valence-electron chi connectivity index (χ1n) is 3.88. The Morgan fingerprint density at radius 3 is 2.50 bits per heavy atom. The molecule has 0 saturated carbocycles. The van der Waals surface area contributed by atoms with Crippen LogP contribution in [0, 0.1) is 0 Å². The van der Waals surface area contributed by atoms with Crippen molar-refractivity contribution in [3.05, 3.63) is 29.8 Å². The average Bonchev–Trinajstić information content (AvgIpc) is 2.16. The molecule has 8 nitrogen and oxygen atoms in total. The molecule has 0 aliphatic rings. The van der Waals surface area contributed by atoms with Crippen molar-refractivity contribution in [2.75, 3.05) is 0 Å². The number of carbonyl (C=O) groups is 1. The summed E-state index contributed by atoms with van der Waals surface area (Å²) in [5.74, 6) is -1.15. The molecule has 0 fully saturated rings. The third-order valence-corrected chi connectivity index (χ3v) is 1.73. The largest absolute Gasteiger partial charge is 0.507 e. The third-order valence-electron chi connectivity index (χ3n) is 1.44. The van der Waals surface area contributed by atoms with Gasteiger partial charge in [0.05, 0.1) is 5.56 Å². The first-order valence-corrected chi connectivity index (χ1v) is 5.27. The van der Waals surface area contributed by atoms with Gasteiger partial charge in [0.25, 0.3) is 5.91 Å².